The van der Waals surface area contributed by atoms with E-state index in [-0.39, 0.29) is 17.1 Å². The van der Waals surface area contributed by atoms with Gasteiger partial charge in [0, 0.05) is 17.1 Å². The van der Waals surface area contributed by atoms with Crippen molar-refractivity contribution >= 4 is 40.0 Å². The van der Waals surface area contributed by atoms with Gasteiger partial charge in [-0.25, -0.2) is 4.39 Å². The van der Waals surface area contributed by atoms with E-state index in [0.29, 0.717) is 5.69 Å². The van der Waals surface area contributed by atoms with Gasteiger partial charge in [0.05, 0.1) is 22.8 Å². The zero-order valence-electron chi connectivity index (χ0n) is 12.4. The Hall–Kier alpha value is -2.86. The molecular weight excluding hydrogens is 333 g/mol. The lowest BCUT2D eigenvalue weighted by Crippen LogP contribution is -2.33. The van der Waals surface area contributed by atoms with Gasteiger partial charge in [-0.05, 0) is 30.3 Å². The summed E-state index contributed by atoms with van der Waals surface area (Å²) in [6.45, 7) is -0.301. The first kappa shape index (κ1) is 16.0. The number of carbonyl (C=O) groups excluding carboxylic acids is 2. The molecular formula is C17H13ClFN3O2. The fourth-order valence-corrected chi connectivity index (χ4v) is 2.60. The third-order valence-corrected chi connectivity index (χ3v) is 3.78. The number of carbonyl (C=O) groups is 2. The van der Waals surface area contributed by atoms with Crippen LogP contribution in [-0.4, -0.2) is 23.3 Å². The van der Waals surface area contributed by atoms with Gasteiger partial charge in [-0.1, -0.05) is 23.7 Å². The van der Waals surface area contributed by atoms with Gasteiger partial charge in [-0.2, -0.15) is 0 Å². The molecule has 5 nitrogen and oxygen atoms in total. The number of hydrogen-bond acceptors (Lipinski definition) is 2. The minimum atomic E-state index is -0.742. The lowest BCUT2D eigenvalue weighted by Gasteiger charge is -2.09. The van der Waals surface area contributed by atoms with E-state index in [4.69, 9.17) is 11.6 Å². The first-order chi connectivity index (χ1) is 11.6. The van der Waals surface area contributed by atoms with Crippen LogP contribution in [0.1, 0.15) is 10.4 Å². The van der Waals surface area contributed by atoms with Gasteiger partial charge in [-0.3, -0.25) is 9.59 Å². The van der Waals surface area contributed by atoms with Crippen molar-refractivity contribution in [3.05, 3.63) is 65.1 Å². The van der Waals surface area contributed by atoms with Crippen molar-refractivity contribution in [1.82, 2.24) is 10.3 Å². The predicted octanol–water partition coefficient (Wildman–Crippen LogP) is 3.33. The first-order valence-corrected chi connectivity index (χ1v) is 7.52. The topological polar surface area (TPSA) is 74.0 Å². The average molecular weight is 346 g/mol. The third kappa shape index (κ3) is 3.23. The maximum absolute atomic E-state index is 13.7. The Bertz CT molecular complexity index is 903. The van der Waals surface area contributed by atoms with Crippen LogP contribution in [0.4, 0.5) is 10.1 Å². The Morgan fingerprint density at radius 2 is 1.92 bits per heavy atom. The van der Waals surface area contributed by atoms with Crippen LogP contribution in [0.3, 0.4) is 0 Å². The number of benzene rings is 2. The largest absolute Gasteiger partial charge is 0.361 e. The maximum Gasteiger partial charge on any atom is 0.256 e. The summed E-state index contributed by atoms with van der Waals surface area (Å²) in [5.41, 5.74) is 1.23. The van der Waals surface area contributed by atoms with E-state index in [1.807, 2.05) is 12.1 Å². The Morgan fingerprint density at radius 1 is 1.12 bits per heavy atom. The molecule has 0 saturated carbocycles. The summed E-state index contributed by atoms with van der Waals surface area (Å²) in [5, 5.41) is 5.91. The highest BCUT2D eigenvalue weighted by Gasteiger charge is 2.16. The van der Waals surface area contributed by atoms with Crippen LogP contribution >= 0.6 is 11.6 Å². The zero-order chi connectivity index (χ0) is 17.1. The number of hydrogen-bond donors (Lipinski definition) is 3. The molecule has 7 heteroatoms. The van der Waals surface area contributed by atoms with E-state index < -0.39 is 17.6 Å². The van der Waals surface area contributed by atoms with E-state index in [1.54, 1.807) is 18.3 Å². The predicted molar refractivity (Wildman–Crippen MR) is 90.7 cm³/mol. The van der Waals surface area contributed by atoms with Crippen LogP contribution in [0, 0.1) is 5.82 Å². The Balaban J connectivity index is 1.66. The van der Waals surface area contributed by atoms with Crippen LogP contribution in [0.25, 0.3) is 10.9 Å². The van der Waals surface area contributed by atoms with E-state index in [2.05, 4.69) is 15.6 Å². The van der Waals surface area contributed by atoms with Crippen LogP contribution in [0.2, 0.25) is 5.02 Å². The highest BCUT2D eigenvalue weighted by Crippen LogP contribution is 2.22. The second-order valence-electron chi connectivity index (χ2n) is 5.07. The SMILES string of the molecule is O=C(CNC(=O)c1c(F)cccc1Cl)Nc1cccc2[nH]ccc12. The molecule has 0 aliphatic carbocycles. The van der Waals surface area contributed by atoms with Gasteiger partial charge >= 0.3 is 0 Å². The molecule has 2 aromatic carbocycles. The molecule has 0 fully saturated rings. The van der Waals surface area contributed by atoms with Crippen molar-refractivity contribution < 1.29 is 14.0 Å². The van der Waals surface area contributed by atoms with Crippen molar-refractivity contribution in [2.75, 3.05) is 11.9 Å². The van der Waals surface area contributed by atoms with E-state index in [0.717, 1.165) is 17.0 Å². The molecule has 0 aliphatic rings. The number of anilines is 1. The third-order valence-electron chi connectivity index (χ3n) is 3.47. The number of rotatable bonds is 4. The van der Waals surface area contributed by atoms with Crippen molar-refractivity contribution in [1.29, 1.82) is 0 Å². The van der Waals surface area contributed by atoms with Crippen molar-refractivity contribution in [2.24, 2.45) is 0 Å². The molecule has 1 heterocycles. The van der Waals surface area contributed by atoms with Crippen molar-refractivity contribution in [3.8, 4) is 0 Å². The van der Waals surface area contributed by atoms with Gasteiger partial charge < -0.3 is 15.6 Å². The normalized spacial score (nSPS) is 10.6. The zero-order valence-corrected chi connectivity index (χ0v) is 13.2. The van der Waals surface area contributed by atoms with E-state index >= 15 is 0 Å². The number of aromatic amines is 1. The van der Waals surface area contributed by atoms with Gasteiger partial charge in [0.2, 0.25) is 5.91 Å². The molecule has 0 atom stereocenters. The summed E-state index contributed by atoms with van der Waals surface area (Å²) in [5.74, 6) is -1.91. The summed E-state index contributed by atoms with van der Waals surface area (Å²) >= 11 is 5.82. The summed E-state index contributed by atoms with van der Waals surface area (Å²) in [6.07, 6.45) is 1.77. The monoisotopic (exact) mass is 345 g/mol. The second-order valence-corrected chi connectivity index (χ2v) is 5.48. The molecule has 0 unspecified atom stereocenters. The van der Waals surface area contributed by atoms with Crippen LogP contribution in [-0.2, 0) is 4.79 Å². The summed E-state index contributed by atoms with van der Waals surface area (Å²) in [6, 6.07) is 11.2. The van der Waals surface area contributed by atoms with E-state index in [1.165, 1.54) is 12.1 Å². The molecule has 122 valence electrons. The average Bonchev–Trinajstić information content (AvgIpc) is 3.02. The van der Waals surface area contributed by atoms with Gasteiger partial charge in [-0.15, -0.1) is 0 Å². The molecule has 3 aromatic rings. The molecule has 1 aromatic heterocycles. The maximum atomic E-state index is 13.7. The molecule has 3 N–H and O–H groups in total. The summed E-state index contributed by atoms with van der Waals surface area (Å²) < 4.78 is 13.7. The number of fused-ring (bicyclic) bond motifs is 1. The minimum Gasteiger partial charge on any atom is -0.361 e. The first-order valence-electron chi connectivity index (χ1n) is 7.14. The number of aromatic nitrogens is 1. The molecule has 0 saturated heterocycles. The molecule has 24 heavy (non-hydrogen) atoms. The Labute approximate surface area is 141 Å². The van der Waals surface area contributed by atoms with E-state index in [9.17, 15) is 14.0 Å². The van der Waals surface area contributed by atoms with Crippen molar-refractivity contribution in [2.45, 2.75) is 0 Å². The molecule has 0 bridgehead atoms. The number of nitrogens with one attached hydrogen (secondary N) is 3. The minimum absolute atomic E-state index is 0.00926. The Kier molecular flexibility index (Phi) is 4.48. The summed E-state index contributed by atoms with van der Waals surface area (Å²) in [4.78, 5) is 27.1. The van der Waals surface area contributed by atoms with Gasteiger partial charge in [0.1, 0.15) is 5.82 Å². The quantitative estimate of drug-likeness (QED) is 0.678. The number of H-pyrrole nitrogens is 1. The summed E-state index contributed by atoms with van der Waals surface area (Å²) in [7, 11) is 0. The fraction of sp³-hybridized carbons (Fsp3) is 0.0588. The molecule has 2 amide bonds. The molecule has 3 rings (SSSR count). The van der Waals surface area contributed by atoms with Crippen LogP contribution in [0.15, 0.2) is 48.7 Å². The lowest BCUT2D eigenvalue weighted by molar-refractivity contribution is -0.115. The van der Waals surface area contributed by atoms with Gasteiger partial charge in [0.25, 0.3) is 5.91 Å². The van der Waals surface area contributed by atoms with Crippen molar-refractivity contribution in [3.63, 3.8) is 0 Å². The fourth-order valence-electron chi connectivity index (χ4n) is 2.35. The van der Waals surface area contributed by atoms with Crippen LogP contribution in [0.5, 0.6) is 0 Å². The highest BCUT2D eigenvalue weighted by atomic mass is 35.5. The molecule has 0 spiro atoms. The Morgan fingerprint density at radius 3 is 2.71 bits per heavy atom. The number of halogens is 2. The second kappa shape index (κ2) is 6.72. The van der Waals surface area contributed by atoms with Crippen LogP contribution < -0.4 is 10.6 Å². The highest BCUT2D eigenvalue weighted by molar-refractivity contribution is 6.33. The smallest absolute Gasteiger partial charge is 0.256 e. The van der Waals surface area contributed by atoms with Gasteiger partial charge in [0.15, 0.2) is 0 Å². The standard InChI is InChI=1S/C17H13ClFN3O2/c18-11-3-1-4-12(19)16(11)17(24)21-9-15(23)22-14-6-2-5-13-10(14)7-8-20-13/h1-8,20H,9H2,(H,21,24)(H,22,23). The molecule has 0 radical (unpaired) electrons. The number of amides is 2. The lowest BCUT2D eigenvalue weighted by atomic mass is 10.2. The molecule has 0 aliphatic heterocycles.